The highest BCUT2D eigenvalue weighted by Gasteiger charge is 2.31. The van der Waals surface area contributed by atoms with E-state index in [2.05, 4.69) is 5.32 Å². The highest BCUT2D eigenvalue weighted by atomic mass is 32.3. The van der Waals surface area contributed by atoms with Crippen molar-refractivity contribution in [2.75, 3.05) is 23.3 Å². The number of rotatable bonds is 7. The number of esters is 1. The van der Waals surface area contributed by atoms with Crippen LogP contribution in [0.2, 0.25) is 0 Å². The molecule has 38 heavy (non-hydrogen) atoms. The van der Waals surface area contributed by atoms with Crippen LogP contribution in [0, 0.1) is 5.82 Å². The Labute approximate surface area is 220 Å². The van der Waals surface area contributed by atoms with Crippen LogP contribution in [0.15, 0.2) is 46.9 Å². The molecule has 1 N–H and O–H groups in total. The number of amides is 1. The number of anilines is 1. The van der Waals surface area contributed by atoms with Crippen molar-refractivity contribution in [2.24, 2.45) is 0 Å². The number of halogens is 1. The van der Waals surface area contributed by atoms with Gasteiger partial charge < -0.3 is 14.5 Å². The Morgan fingerprint density at radius 3 is 2.11 bits per heavy atom. The van der Waals surface area contributed by atoms with Crippen molar-refractivity contribution in [1.29, 1.82) is 0 Å². The molecular weight excluding hydrogens is 539 g/mol. The summed E-state index contributed by atoms with van der Waals surface area (Å²) < 4.78 is 75.2. The van der Waals surface area contributed by atoms with Crippen LogP contribution in [0.25, 0.3) is 28.4 Å². The predicted octanol–water partition coefficient (Wildman–Crippen LogP) is 3.68. The molecule has 0 aliphatic carbocycles. The maximum Gasteiger partial charge on any atom is 0.331 e. The summed E-state index contributed by atoms with van der Waals surface area (Å²) in [4.78, 5) is 25.2. The molecule has 10 nitrogen and oxygen atoms in total. The first-order valence-corrected chi connectivity index (χ1v) is 14.8. The van der Waals surface area contributed by atoms with Crippen LogP contribution in [-0.2, 0) is 29.6 Å². The van der Waals surface area contributed by atoms with Gasteiger partial charge in [0.25, 0.3) is 5.91 Å². The summed E-state index contributed by atoms with van der Waals surface area (Å²) in [5, 5.41) is 2.69. The molecule has 0 atom stereocenters. The molecule has 0 aliphatic rings. The number of sulfonamides is 2. The summed E-state index contributed by atoms with van der Waals surface area (Å²) >= 11 is 0. The van der Waals surface area contributed by atoms with E-state index in [1.807, 2.05) is 0 Å². The average Bonchev–Trinajstić information content (AvgIpc) is 3.12. The summed E-state index contributed by atoms with van der Waals surface area (Å²) in [6.07, 6.45) is 3.62. The molecular formula is C25H27FN2O8S2. The first-order valence-electron chi connectivity index (χ1n) is 11.1. The van der Waals surface area contributed by atoms with Gasteiger partial charge in [-0.05, 0) is 57.2 Å². The third-order valence-electron chi connectivity index (χ3n) is 5.00. The summed E-state index contributed by atoms with van der Waals surface area (Å²) in [7, 11) is -7.37. The van der Waals surface area contributed by atoms with Gasteiger partial charge in [-0.1, -0.05) is 0 Å². The summed E-state index contributed by atoms with van der Waals surface area (Å²) in [5.74, 6) is -1.80. The van der Waals surface area contributed by atoms with Gasteiger partial charge in [0.05, 0.1) is 23.8 Å². The van der Waals surface area contributed by atoms with Crippen LogP contribution in [-0.4, -0.2) is 53.9 Å². The number of carbonyl (C=O) groups is 2. The Hall–Kier alpha value is -3.71. The average molecular weight is 567 g/mol. The lowest BCUT2D eigenvalue weighted by molar-refractivity contribution is -0.148. The molecule has 0 bridgehead atoms. The number of ether oxygens (including phenoxy) is 1. The lowest BCUT2D eigenvalue weighted by Gasteiger charge is -2.22. The molecule has 3 aromatic rings. The minimum atomic E-state index is -4.38. The molecule has 0 saturated carbocycles. The third-order valence-corrected chi connectivity index (χ3v) is 8.23. The van der Waals surface area contributed by atoms with Crippen molar-refractivity contribution in [3.63, 3.8) is 0 Å². The van der Waals surface area contributed by atoms with Crippen molar-refractivity contribution in [1.82, 2.24) is 5.32 Å². The molecule has 1 heterocycles. The number of carbonyl (C=O) groups excluding carboxylic acids is 2. The number of fused-ring (bicyclic) bond motifs is 1. The molecule has 1 aromatic heterocycles. The first kappa shape index (κ1) is 28.9. The molecule has 0 aliphatic heterocycles. The minimum absolute atomic E-state index is 0.0235. The SMILES string of the molecule is CNC(=O)c1c(-c2ccc(F)cc2)oc2cc(N(S(C)(=O)=O)S(C)(=O)=O)c(/C=C/C(=O)OC(C)(C)C)cc12. The van der Waals surface area contributed by atoms with Crippen molar-refractivity contribution in [3.8, 4) is 11.3 Å². The molecule has 0 spiro atoms. The van der Waals surface area contributed by atoms with E-state index in [9.17, 15) is 30.8 Å². The Kier molecular flexibility index (Phi) is 7.76. The van der Waals surface area contributed by atoms with Gasteiger partial charge in [-0.15, -0.1) is 0 Å². The van der Waals surface area contributed by atoms with E-state index in [1.165, 1.54) is 43.5 Å². The number of nitrogens with zero attached hydrogens (tertiary/aromatic N) is 1. The second-order valence-electron chi connectivity index (χ2n) is 9.39. The van der Waals surface area contributed by atoms with E-state index >= 15 is 0 Å². The number of hydrogen-bond donors (Lipinski definition) is 1. The van der Waals surface area contributed by atoms with E-state index in [-0.39, 0.29) is 37.3 Å². The summed E-state index contributed by atoms with van der Waals surface area (Å²) in [6, 6.07) is 7.60. The zero-order chi connectivity index (χ0) is 28.6. The van der Waals surface area contributed by atoms with Gasteiger partial charge in [0.2, 0.25) is 20.0 Å². The van der Waals surface area contributed by atoms with E-state index < -0.39 is 43.3 Å². The largest absolute Gasteiger partial charge is 0.457 e. The van der Waals surface area contributed by atoms with Gasteiger partial charge in [-0.3, -0.25) is 4.79 Å². The number of nitrogens with one attached hydrogen (secondary N) is 1. The second-order valence-corrected chi connectivity index (χ2v) is 13.3. The molecule has 1 amide bonds. The van der Waals surface area contributed by atoms with Gasteiger partial charge >= 0.3 is 5.97 Å². The molecule has 0 unspecified atom stereocenters. The van der Waals surface area contributed by atoms with Crippen LogP contribution < -0.4 is 9.03 Å². The minimum Gasteiger partial charge on any atom is -0.457 e. The molecule has 2 aromatic carbocycles. The van der Waals surface area contributed by atoms with Crippen molar-refractivity contribution >= 4 is 54.7 Å². The lowest BCUT2D eigenvalue weighted by atomic mass is 10.0. The quantitative estimate of drug-likeness (QED) is 0.337. The molecule has 204 valence electrons. The third kappa shape index (κ3) is 6.40. The van der Waals surface area contributed by atoms with Crippen LogP contribution in [0.3, 0.4) is 0 Å². The Bertz CT molecular complexity index is 1620. The standard InChI is InChI=1S/C25H27FN2O8S2/c1-25(2,3)36-21(29)12-9-16-13-18-20(14-19(16)28(37(5,31)32)38(6,33)34)35-23(22(18)24(30)27-4)15-7-10-17(26)11-8-15/h7-14H,1-6H3,(H,27,30)/b12-9+. The van der Waals surface area contributed by atoms with Crippen molar-refractivity contribution in [2.45, 2.75) is 26.4 Å². The highest BCUT2D eigenvalue weighted by Crippen LogP contribution is 2.39. The summed E-state index contributed by atoms with van der Waals surface area (Å²) in [5.41, 5.74) is -0.832. The molecule has 13 heteroatoms. The Morgan fingerprint density at radius 1 is 1.03 bits per heavy atom. The smallest absolute Gasteiger partial charge is 0.331 e. The fraction of sp³-hybridized carbons (Fsp3) is 0.280. The fourth-order valence-corrected chi connectivity index (χ4v) is 6.69. The van der Waals surface area contributed by atoms with Gasteiger partial charge in [-0.25, -0.2) is 26.0 Å². The van der Waals surface area contributed by atoms with Gasteiger partial charge in [0.1, 0.15) is 22.8 Å². The normalized spacial score (nSPS) is 12.6. The molecule has 0 fully saturated rings. The van der Waals surface area contributed by atoms with E-state index in [4.69, 9.17) is 9.15 Å². The zero-order valence-electron chi connectivity index (χ0n) is 21.5. The first-order chi connectivity index (χ1) is 17.4. The number of furan rings is 1. The maximum absolute atomic E-state index is 13.5. The van der Waals surface area contributed by atoms with Crippen LogP contribution in [0.5, 0.6) is 0 Å². The summed E-state index contributed by atoms with van der Waals surface area (Å²) in [6.45, 7) is 4.97. The van der Waals surface area contributed by atoms with E-state index in [1.54, 1.807) is 20.8 Å². The molecule has 3 rings (SSSR count). The van der Waals surface area contributed by atoms with Crippen LogP contribution >= 0.6 is 0 Å². The zero-order valence-corrected chi connectivity index (χ0v) is 23.2. The molecule has 0 radical (unpaired) electrons. The number of hydrogen-bond acceptors (Lipinski definition) is 8. The maximum atomic E-state index is 13.5. The second kappa shape index (κ2) is 10.2. The van der Waals surface area contributed by atoms with Gasteiger partial charge in [-0.2, -0.15) is 3.71 Å². The Morgan fingerprint density at radius 2 is 1.61 bits per heavy atom. The number of benzene rings is 2. The highest BCUT2D eigenvalue weighted by molar-refractivity contribution is 8.09. The van der Waals surface area contributed by atoms with Gasteiger partial charge in [0.15, 0.2) is 0 Å². The van der Waals surface area contributed by atoms with Crippen molar-refractivity contribution < 1.29 is 40.0 Å². The van der Waals surface area contributed by atoms with Gasteiger partial charge in [0, 0.05) is 35.7 Å². The topological polar surface area (TPSA) is 140 Å². The van der Waals surface area contributed by atoms with Crippen LogP contribution in [0.4, 0.5) is 10.1 Å². The molecule has 0 saturated heterocycles. The van der Waals surface area contributed by atoms with E-state index in [0.717, 1.165) is 12.1 Å². The van der Waals surface area contributed by atoms with Crippen LogP contribution in [0.1, 0.15) is 36.7 Å². The Balaban J connectivity index is 2.40. The fourth-order valence-electron chi connectivity index (χ4n) is 3.69. The van der Waals surface area contributed by atoms with Crippen molar-refractivity contribution in [3.05, 3.63) is 59.4 Å². The predicted molar refractivity (Wildman–Crippen MR) is 142 cm³/mol. The monoisotopic (exact) mass is 566 g/mol. The van der Waals surface area contributed by atoms with E-state index in [0.29, 0.717) is 18.1 Å². The lowest BCUT2D eigenvalue weighted by Crippen LogP contribution is -2.35.